The van der Waals surface area contributed by atoms with Crippen LogP contribution in [-0.4, -0.2) is 30.2 Å². The van der Waals surface area contributed by atoms with Crippen molar-refractivity contribution >= 4 is 23.5 Å². The van der Waals surface area contributed by atoms with Gasteiger partial charge in [-0.1, -0.05) is 23.6 Å². The average molecular weight is 366 g/mol. The third-order valence-electron chi connectivity index (χ3n) is 3.41. The predicted octanol–water partition coefficient (Wildman–Crippen LogP) is 2.48. The number of terminal acetylenes is 1. The minimum absolute atomic E-state index is 0.00544. The third kappa shape index (κ3) is 6.17. The number of aryl methyl sites for hydroxylation is 1. The van der Waals surface area contributed by atoms with Gasteiger partial charge in [0.05, 0.1) is 17.7 Å². The Morgan fingerprint density at radius 1 is 1.33 bits per heavy atom. The van der Waals surface area contributed by atoms with Crippen LogP contribution in [0.1, 0.15) is 11.1 Å². The van der Waals surface area contributed by atoms with Crippen LogP contribution in [0.4, 0.5) is 11.4 Å². The van der Waals surface area contributed by atoms with E-state index in [-0.39, 0.29) is 24.7 Å². The van der Waals surface area contributed by atoms with E-state index in [0.717, 1.165) is 11.3 Å². The smallest absolute Gasteiger partial charge is 0.270 e. The first kappa shape index (κ1) is 19.5. The minimum atomic E-state index is -0.535. The van der Waals surface area contributed by atoms with E-state index in [2.05, 4.69) is 21.8 Å². The fourth-order valence-electron chi connectivity index (χ4n) is 2.07. The molecule has 0 aromatic heterocycles. The summed E-state index contributed by atoms with van der Waals surface area (Å²) in [5.41, 5.74) is 4.47. The second-order valence-corrected chi connectivity index (χ2v) is 5.48. The highest BCUT2D eigenvalue weighted by molar-refractivity contribution is 5.87. The molecular formula is C19H18N4O4. The normalized spacial score (nSPS) is 10.2. The zero-order chi connectivity index (χ0) is 19.6. The van der Waals surface area contributed by atoms with Gasteiger partial charge in [0, 0.05) is 23.4 Å². The number of nitrogens with one attached hydrogen (secondary N) is 2. The number of nitro benzene ring substituents is 1. The number of hydrogen-bond donors (Lipinski definition) is 2. The molecule has 0 aliphatic heterocycles. The number of nitro groups is 1. The van der Waals surface area contributed by atoms with Crippen LogP contribution in [0.15, 0.2) is 47.6 Å². The summed E-state index contributed by atoms with van der Waals surface area (Å²) in [7, 11) is 0. The van der Waals surface area contributed by atoms with Gasteiger partial charge in [-0.25, -0.2) is 5.43 Å². The number of carbonyl (C=O) groups is 1. The minimum Gasteiger partial charge on any atom is -0.480 e. The average Bonchev–Trinajstić information content (AvgIpc) is 2.66. The number of rotatable bonds is 8. The molecule has 8 nitrogen and oxygen atoms in total. The number of anilines is 1. The van der Waals surface area contributed by atoms with E-state index in [1.165, 1.54) is 24.4 Å². The number of carbonyl (C=O) groups excluding carboxylic acids is 1. The molecule has 0 spiro atoms. The molecule has 8 heteroatoms. The van der Waals surface area contributed by atoms with Crippen molar-refractivity contribution in [2.24, 2.45) is 5.10 Å². The highest BCUT2D eigenvalue weighted by Crippen LogP contribution is 2.22. The molecule has 0 unspecified atom stereocenters. The molecule has 2 aromatic carbocycles. The summed E-state index contributed by atoms with van der Waals surface area (Å²) >= 11 is 0. The first-order chi connectivity index (χ1) is 13.0. The van der Waals surface area contributed by atoms with Crippen molar-refractivity contribution in [2.45, 2.75) is 6.92 Å². The summed E-state index contributed by atoms with van der Waals surface area (Å²) < 4.78 is 5.32. The fourth-order valence-corrected chi connectivity index (χ4v) is 2.07. The van der Waals surface area contributed by atoms with Gasteiger partial charge >= 0.3 is 0 Å². The van der Waals surface area contributed by atoms with Crippen molar-refractivity contribution in [1.29, 1.82) is 0 Å². The van der Waals surface area contributed by atoms with Crippen LogP contribution < -0.4 is 15.5 Å². The van der Waals surface area contributed by atoms with Crippen LogP contribution in [0.25, 0.3) is 0 Å². The Morgan fingerprint density at radius 3 is 2.74 bits per heavy atom. The Morgan fingerprint density at radius 2 is 2.07 bits per heavy atom. The Kier molecular flexibility index (Phi) is 6.91. The number of hydrazone groups is 1. The largest absolute Gasteiger partial charge is 0.480 e. The van der Waals surface area contributed by atoms with Crippen molar-refractivity contribution in [3.05, 3.63) is 63.7 Å². The van der Waals surface area contributed by atoms with Gasteiger partial charge in [0.1, 0.15) is 12.4 Å². The molecule has 27 heavy (non-hydrogen) atoms. The van der Waals surface area contributed by atoms with Gasteiger partial charge in [0.15, 0.2) is 0 Å². The Hall–Kier alpha value is -3.86. The van der Waals surface area contributed by atoms with E-state index in [0.29, 0.717) is 11.3 Å². The number of benzene rings is 2. The topological polar surface area (TPSA) is 106 Å². The quantitative estimate of drug-likeness (QED) is 0.323. The van der Waals surface area contributed by atoms with Gasteiger partial charge in [-0.2, -0.15) is 5.10 Å². The summed E-state index contributed by atoms with van der Waals surface area (Å²) in [4.78, 5) is 22.2. The van der Waals surface area contributed by atoms with Crippen LogP contribution in [0.5, 0.6) is 5.75 Å². The van der Waals surface area contributed by atoms with Crippen molar-refractivity contribution < 1.29 is 14.5 Å². The lowest BCUT2D eigenvalue weighted by atomic mass is 10.2. The Labute approximate surface area is 156 Å². The van der Waals surface area contributed by atoms with Crippen LogP contribution in [0, 0.1) is 29.4 Å². The predicted molar refractivity (Wildman–Crippen MR) is 103 cm³/mol. The van der Waals surface area contributed by atoms with Gasteiger partial charge in [-0.05, 0) is 25.1 Å². The van der Waals surface area contributed by atoms with Crippen molar-refractivity contribution in [3.8, 4) is 18.1 Å². The van der Waals surface area contributed by atoms with Crippen molar-refractivity contribution in [3.63, 3.8) is 0 Å². The molecule has 2 rings (SSSR count). The first-order valence-corrected chi connectivity index (χ1v) is 7.96. The summed E-state index contributed by atoms with van der Waals surface area (Å²) in [6, 6.07) is 11.6. The molecule has 1 amide bonds. The van der Waals surface area contributed by atoms with Crippen LogP contribution in [-0.2, 0) is 4.79 Å². The van der Waals surface area contributed by atoms with Gasteiger partial charge in [0.25, 0.3) is 11.6 Å². The number of hydrogen-bond acceptors (Lipinski definition) is 6. The molecule has 2 N–H and O–H groups in total. The van der Waals surface area contributed by atoms with E-state index >= 15 is 0 Å². The zero-order valence-corrected chi connectivity index (χ0v) is 14.6. The second kappa shape index (κ2) is 9.58. The molecule has 0 fully saturated rings. The summed E-state index contributed by atoms with van der Waals surface area (Å²) in [6.45, 7) is 2.00. The molecule has 2 aromatic rings. The van der Waals surface area contributed by atoms with E-state index in [9.17, 15) is 14.9 Å². The van der Waals surface area contributed by atoms with Crippen LogP contribution in [0.3, 0.4) is 0 Å². The highest BCUT2D eigenvalue weighted by Gasteiger charge is 2.10. The second-order valence-electron chi connectivity index (χ2n) is 5.48. The molecule has 0 saturated carbocycles. The number of amides is 1. The lowest BCUT2D eigenvalue weighted by Gasteiger charge is -2.07. The molecule has 0 atom stereocenters. The van der Waals surface area contributed by atoms with E-state index in [4.69, 9.17) is 11.2 Å². The van der Waals surface area contributed by atoms with Gasteiger partial charge < -0.3 is 10.1 Å². The van der Waals surface area contributed by atoms with Gasteiger partial charge in [-0.15, -0.1) is 6.42 Å². The lowest BCUT2D eigenvalue weighted by Crippen LogP contribution is -2.25. The molecule has 0 heterocycles. The standard InChI is InChI=1S/C19H18N4O4/c1-3-10-27-18-9-8-17(23(25)26)11-15(18)12-21-22-19(24)13-20-16-6-4-14(2)5-7-16/h1,4-9,11-12,20H,10,13H2,2H3,(H,22,24)/b21-12-. The van der Waals surface area contributed by atoms with Crippen LogP contribution >= 0.6 is 0 Å². The fraction of sp³-hybridized carbons (Fsp3) is 0.158. The molecule has 0 saturated heterocycles. The molecule has 0 aliphatic rings. The zero-order valence-electron chi connectivity index (χ0n) is 14.6. The number of non-ortho nitro benzene ring substituents is 1. The number of ether oxygens (including phenoxy) is 1. The van der Waals surface area contributed by atoms with Gasteiger partial charge in [-0.3, -0.25) is 14.9 Å². The lowest BCUT2D eigenvalue weighted by molar-refractivity contribution is -0.384. The summed E-state index contributed by atoms with van der Waals surface area (Å²) in [5, 5.41) is 17.7. The maximum Gasteiger partial charge on any atom is 0.270 e. The summed E-state index contributed by atoms with van der Waals surface area (Å²) in [6.07, 6.45) is 6.42. The van der Waals surface area contributed by atoms with Crippen molar-refractivity contribution in [2.75, 3.05) is 18.5 Å². The van der Waals surface area contributed by atoms with Crippen molar-refractivity contribution in [1.82, 2.24) is 5.43 Å². The van der Waals surface area contributed by atoms with Crippen LogP contribution in [0.2, 0.25) is 0 Å². The SMILES string of the molecule is C#CCOc1ccc([N+](=O)[O-])cc1/C=N\NC(=O)CNc1ccc(C)cc1. The third-order valence-corrected chi connectivity index (χ3v) is 3.41. The molecule has 0 bridgehead atoms. The molecule has 0 aliphatic carbocycles. The van der Waals surface area contributed by atoms with Gasteiger partial charge in [0.2, 0.25) is 0 Å². The number of nitrogens with zero attached hydrogens (tertiary/aromatic N) is 2. The molecule has 138 valence electrons. The first-order valence-electron chi connectivity index (χ1n) is 7.96. The highest BCUT2D eigenvalue weighted by atomic mass is 16.6. The van der Waals surface area contributed by atoms with E-state index in [1.54, 1.807) is 0 Å². The molecule has 0 radical (unpaired) electrons. The maximum atomic E-state index is 11.9. The monoisotopic (exact) mass is 366 g/mol. The maximum absolute atomic E-state index is 11.9. The summed E-state index contributed by atoms with van der Waals surface area (Å²) in [5.74, 6) is 2.27. The van der Waals surface area contributed by atoms with E-state index < -0.39 is 4.92 Å². The Bertz CT molecular complexity index is 886. The Balaban J connectivity index is 1.97. The van der Waals surface area contributed by atoms with E-state index in [1.807, 2.05) is 31.2 Å². The molecular weight excluding hydrogens is 348 g/mol.